The fraction of sp³-hybridized carbons (Fsp3) is 0.727. The van der Waals surface area contributed by atoms with Gasteiger partial charge in [-0.05, 0) is 26.2 Å². The topological polar surface area (TPSA) is 115 Å². The maximum atomic E-state index is 11.2. The first kappa shape index (κ1) is 15.6. The van der Waals surface area contributed by atoms with Crippen molar-refractivity contribution >= 4 is 17.6 Å². The van der Waals surface area contributed by atoms with E-state index in [2.05, 4.69) is 5.32 Å². The number of Topliss-reactive ketones (excluding diaryl/α,β-unsaturated/α-hetero) is 1. The average Bonchev–Trinajstić information content (AvgIpc) is 2.25. The molecule has 0 aromatic heterocycles. The van der Waals surface area contributed by atoms with E-state index in [1.54, 1.807) is 0 Å². The van der Waals surface area contributed by atoms with Crippen LogP contribution in [0.15, 0.2) is 0 Å². The first-order valence-corrected chi connectivity index (χ1v) is 5.74. The number of amides is 2. The van der Waals surface area contributed by atoms with Crippen LogP contribution in [-0.4, -0.2) is 30.2 Å². The Labute approximate surface area is 101 Å². The highest BCUT2D eigenvalue weighted by atomic mass is 16.2. The van der Waals surface area contributed by atoms with Gasteiger partial charge in [-0.2, -0.15) is 0 Å². The summed E-state index contributed by atoms with van der Waals surface area (Å²) in [5.74, 6) is -0.623. The van der Waals surface area contributed by atoms with Gasteiger partial charge in [-0.3, -0.25) is 9.59 Å². The summed E-state index contributed by atoms with van der Waals surface area (Å²) in [6.45, 7) is 1.99. The molecule has 1 atom stereocenters. The van der Waals surface area contributed by atoms with Crippen LogP contribution in [0.1, 0.15) is 39.0 Å². The molecule has 6 nitrogen and oxygen atoms in total. The molecule has 17 heavy (non-hydrogen) atoms. The zero-order valence-corrected chi connectivity index (χ0v) is 10.2. The van der Waals surface area contributed by atoms with Gasteiger partial charge < -0.3 is 21.6 Å². The zero-order valence-electron chi connectivity index (χ0n) is 10.2. The summed E-state index contributed by atoms with van der Waals surface area (Å²) in [7, 11) is 0. The van der Waals surface area contributed by atoms with Crippen molar-refractivity contribution in [2.45, 2.75) is 45.1 Å². The molecule has 0 bridgehead atoms. The van der Waals surface area contributed by atoms with Gasteiger partial charge in [0, 0.05) is 19.4 Å². The molecule has 0 aliphatic rings. The molecule has 0 spiro atoms. The smallest absolute Gasteiger partial charge is 0.234 e. The molecular weight excluding hydrogens is 222 g/mol. The van der Waals surface area contributed by atoms with Crippen LogP contribution in [0.25, 0.3) is 0 Å². The molecule has 1 unspecified atom stereocenters. The third kappa shape index (κ3) is 9.50. The van der Waals surface area contributed by atoms with E-state index in [9.17, 15) is 14.4 Å². The Morgan fingerprint density at radius 3 is 2.35 bits per heavy atom. The minimum absolute atomic E-state index is 0.00702. The molecule has 0 aromatic carbocycles. The molecule has 0 fully saturated rings. The lowest BCUT2D eigenvalue weighted by atomic mass is 10.1. The molecule has 2 amide bonds. The Balaban J connectivity index is 3.42. The Bertz CT molecular complexity index is 279. The normalized spacial score (nSPS) is 11.9. The molecule has 0 aromatic rings. The lowest BCUT2D eigenvalue weighted by Crippen LogP contribution is -2.36. The van der Waals surface area contributed by atoms with Gasteiger partial charge in [0.2, 0.25) is 11.8 Å². The lowest BCUT2D eigenvalue weighted by Gasteiger charge is -2.07. The summed E-state index contributed by atoms with van der Waals surface area (Å²) in [6.07, 6.45) is 2.51. The number of primary amides is 1. The second-order valence-electron chi connectivity index (χ2n) is 4.06. The van der Waals surface area contributed by atoms with Crippen LogP contribution in [0.5, 0.6) is 0 Å². The molecule has 98 valence electrons. The fourth-order valence-electron chi connectivity index (χ4n) is 1.24. The molecule has 0 aliphatic carbocycles. The largest absolute Gasteiger partial charge is 0.368 e. The Hall–Kier alpha value is -1.43. The Kier molecular flexibility index (Phi) is 7.96. The summed E-state index contributed by atoms with van der Waals surface area (Å²) in [5.41, 5.74) is 10.4. The molecule has 0 radical (unpaired) electrons. The van der Waals surface area contributed by atoms with E-state index in [-0.39, 0.29) is 24.5 Å². The SMILES string of the molecule is CC(=O)CCC(=O)NCCCCC(N)C(N)=O. The predicted molar refractivity (Wildman–Crippen MR) is 63.9 cm³/mol. The van der Waals surface area contributed by atoms with Crippen LogP contribution < -0.4 is 16.8 Å². The van der Waals surface area contributed by atoms with Crippen molar-refractivity contribution in [2.75, 3.05) is 6.54 Å². The van der Waals surface area contributed by atoms with E-state index in [4.69, 9.17) is 11.5 Å². The van der Waals surface area contributed by atoms with E-state index in [0.717, 1.165) is 12.8 Å². The van der Waals surface area contributed by atoms with Crippen LogP contribution in [0.2, 0.25) is 0 Å². The molecule has 0 saturated heterocycles. The standard InChI is InChI=1S/C11H21N3O3/c1-8(15)5-6-10(16)14-7-3-2-4-9(12)11(13)17/h9H,2-7,12H2,1H3,(H2,13,17)(H,14,16). The van der Waals surface area contributed by atoms with Gasteiger partial charge in [-0.25, -0.2) is 0 Å². The first-order valence-electron chi connectivity index (χ1n) is 5.74. The molecule has 0 aliphatic heterocycles. The lowest BCUT2D eigenvalue weighted by molar-refractivity contribution is -0.124. The zero-order chi connectivity index (χ0) is 13.3. The van der Waals surface area contributed by atoms with E-state index >= 15 is 0 Å². The summed E-state index contributed by atoms with van der Waals surface area (Å²) in [6, 6.07) is -0.608. The van der Waals surface area contributed by atoms with Crippen molar-refractivity contribution in [3.8, 4) is 0 Å². The second-order valence-corrected chi connectivity index (χ2v) is 4.06. The number of carbonyl (C=O) groups excluding carboxylic acids is 3. The second kappa shape index (κ2) is 8.69. The number of unbranched alkanes of at least 4 members (excludes halogenated alkanes) is 1. The Morgan fingerprint density at radius 1 is 1.18 bits per heavy atom. The van der Waals surface area contributed by atoms with Gasteiger partial charge in [0.25, 0.3) is 0 Å². The maximum absolute atomic E-state index is 11.2. The summed E-state index contributed by atoms with van der Waals surface area (Å²) < 4.78 is 0. The highest BCUT2D eigenvalue weighted by Crippen LogP contribution is 1.98. The molecule has 5 N–H and O–H groups in total. The van der Waals surface area contributed by atoms with E-state index in [1.165, 1.54) is 6.92 Å². The number of carbonyl (C=O) groups is 3. The number of nitrogens with two attached hydrogens (primary N) is 2. The first-order chi connectivity index (χ1) is 7.93. The van der Waals surface area contributed by atoms with Crippen molar-refractivity contribution in [1.82, 2.24) is 5.32 Å². The van der Waals surface area contributed by atoms with Crippen molar-refractivity contribution in [1.29, 1.82) is 0 Å². The Morgan fingerprint density at radius 2 is 1.82 bits per heavy atom. The quantitative estimate of drug-likeness (QED) is 0.471. The minimum Gasteiger partial charge on any atom is -0.368 e. The minimum atomic E-state index is -0.608. The number of nitrogens with one attached hydrogen (secondary N) is 1. The van der Waals surface area contributed by atoms with Crippen molar-refractivity contribution < 1.29 is 14.4 Å². The third-order valence-electron chi connectivity index (χ3n) is 2.33. The monoisotopic (exact) mass is 243 g/mol. The number of rotatable bonds is 9. The van der Waals surface area contributed by atoms with Crippen LogP contribution in [-0.2, 0) is 14.4 Å². The highest BCUT2D eigenvalue weighted by molar-refractivity contribution is 5.83. The molecule has 6 heteroatoms. The van der Waals surface area contributed by atoms with Gasteiger partial charge in [0.15, 0.2) is 0 Å². The number of hydrogen-bond acceptors (Lipinski definition) is 4. The highest BCUT2D eigenvalue weighted by Gasteiger charge is 2.08. The average molecular weight is 243 g/mol. The van der Waals surface area contributed by atoms with Gasteiger partial charge in [-0.15, -0.1) is 0 Å². The fourth-order valence-corrected chi connectivity index (χ4v) is 1.24. The molecule has 0 heterocycles. The van der Waals surface area contributed by atoms with Gasteiger partial charge in [0.05, 0.1) is 6.04 Å². The van der Waals surface area contributed by atoms with Crippen LogP contribution in [0, 0.1) is 0 Å². The van der Waals surface area contributed by atoms with E-state index in [1.807, 2.05) is 0 Å². The molecular formula is C11H21N3O3. The summed E-state index contributed by atoms with van der Waals surface area (Å²) >= 11 is 0. The van der Waals surface area contributed by atoms with E-state index in [0.29, 0.717) is 13.0 Å². The summed E-state index contributed by atoms with van der Waals surface area (Å²) in [5, 5.41) is 2.69. The van der Waals surface area contributed by atoms with Gasteiger partial charge in [-0.1, -0.05) is 0 Å². The van der Waals surface area contributed by atoms with Gasteiger partial charge >= 0.3 is 0 Å². The third-order valence-corrected chi connectivity index (χ3v) is 2.33. The summed E-state index contributed by atoms with van der Waals surface area (Å²) in [4.78, 5) is 32.4. The van der Waals surface area contributed by atoms with Crippen LogP contribution >= 0.6 is 0 Å². The van der Waals surface area contributed by atoms with Gasteiger partial charge in [0.1, 0.15) is 5.78 Å². The van der Waals surface area contributed by atoms with Crippen molar-refractivity contribution in [3.05, 3.63) is 0 Å². The predicted octanol–water partition coefficient (Wildman–Crippen LogP) is -0.545. The number of hydrogen-bond donors (Lipinski definition) is 3. The van der Waals surface area contributed by atoms with Crippen molar-refractivity contribution in [3.63, 3.8) is 0 Å². The number of ketones is 1. The van der Waals surface area contributed by atoms with Crippen LogP contribution in [0.4, 0.5) is 0 Å². The molecule has 0 saturated carbocycles. The van der Waals surface area contributed by atoms with Crippen molar-refractivity contribution in [2.24, 2.45) is 11.5 Å². The maximum Gasteiger partial charge on any atom is 0.234 e. The van der Waals surface area contributed by atoms with E-state index < -0.39 is 11.9 Å². The molecule has 0 rings (SSSR count). The van der Waals surface area contributed by atoms with Crippen LogP contribution in [0.3, 0.4) is 0 Å².